The fourth-order valence-corrected chi connectivity index (χ4v) is 10.0. The zero-order valence-corrected chi connectivity index (χ0v) is 38.7. The van der Waals surface area contributed by atoms with Gasteiger partial charge in [-0.2, -0.15) is 0 Å². The van der Waals surface area contributed by atoms with E-state index in [0.717, 1.165) is 52.1 Å². The number of likely N-dealkylation sites (N-methyl/N-ethyl adjacent to an activating group) is 1. The monoisotopic (exact) mass is 872 g/mol. The highest BCUT2D eigenvalue weighted by atomic mass is 32.1. The number of carbonyl (C=O) groups is 3. The predicted molar refractivity (Wildman–Crippen MR) is 239 cm³/mol. The minimum atomic E-state index is -0.975. The van der Waals surface area contributed by atoms with E-state index in [4.69, 9.17) is 28.9 Å². The van der Waals surface area contributed by atoms with Gasteiger partial charge in [0.1, 0.15) is 12.1 Å². The standard InChI is InChI=1S/C46H64N8O7S/c1-11-53-37-17-16-29-20-32(37)33(41(53)31-14-12-18-47-39(31)28(4)58-8)22-46(5,6)26-61-44(60-10)34-15-13-19-54(50-34)43(56)35(21-38-48-36(29)25-62-38)49-42(55)40(27(2)3)51(7)45(57)52-23-30(24-52)59-9/h12,14,16-18,20,25,27-28,30,34-35,40,44,50H,11,13,15,19,21-24,26H2,1-10H3,(H,49,55)/t28-,34-,35-,40-,44+/m0/s1. The van der Waals surface area contributed by atoms with Gasteiger partial charge >= 0.3 is 6.03 Å². The third-order valence-electron chi connectivity index (χ3n) is 12.6. The summed E-state index contributed by atoms with van der Waals surface area (Å²) in [5, 5.41) is 8.51. The van der Waals surface area contributed by atoms with Crippen LogP contribution < -0.4 is 10.7 Å². The average Bonchev–Trinajstić information content (AvgIpc) is 3.83. The molecule has 1 aromatic carbocycles. The molecule has 4 amide bonds. The largest absolute Gasteiger partial charge is 0.378 e. The van der Waals surface area contributed by atoms with Crippen molar-refractivity contribution in [2.45, 2.75) is 110 Å². The number of aromatic nitrogens is 3. The molecule has 0 radical (unpaired) electrons. The van der Waals surface area contributed by atoms with Crippen LogP contribution in [0.3, 0.4) is 0 Å². The van der Waals surface area contributed by atoms with Crippen molar-refractivity contribution in [3.05, 3.63) is 58.2 Å². The molecule has 5 atom stereocenters. The van der Waals surface area contributed by atoms with E-state index < -0.39 is 24.3 Å². The normalized spacial score (nSPS) is 22.0. The maximum absolute atomic E-state index is 14.7. The van der Waals surface area contributed by atoms with Crippen LogP contribution in [0, 0.1) is 11.3 Å². The summed E-state index contributed by atoms with van der Waals surface area (Å²) in [5.41, 5.74) is 10.1. The summed E-state index contributed by atoms with van der Waals surface area (Å²) >= 11 is 1.46. The second-order valence-electron chi connectivity index (χ2n) is 18.0. The molecule has 62 heavy (non-hydrogen) atoms. The quantitative estimate of drug-likeness (QED) is 0.193. The highest BCUT2D eigenvalue weighted by Crippen LogP contribution is 2.42. The molecule has 336 valence electrons. The number of hydrogen-bond donors (Lipinski definition) is 2. The van der Waals surface area contributed by atoms with Crippen LogP contribution in [-0.4, -0.2) is 132 Å². The molecule has 4 aromatic rings. The lowest BCUT2D eigenvalue weighted by Crippen LogP contribution is -2.64. The van der Waals surface area contributed by atoms with Crippen molar-refractivity contribution in [1.82, 2.24) is 40.1 Å². The number of nitrogens with one attached hydrogen (secondary N) is 2. The number of methoxy groups -OCH3 is 3. The van der Waals surface area contributed by atoms with E-state index >= 15 is 0 Å². The minimum absolute atomic E-state index is 0.0222. The van der Waals surface area contributed by atoms with E-state index in [-0.39, 0.29) is 47.9 Å². The summed E-state index contributed by atoms with van der Waals surface area (Å²) in [6.45, 7) is 14.9. The number of benzene rings is 1. The van der Waals surface area contributed by atoms with Crippen LogP contribution in [0.2, 0.25) is 0 Å². The van der Waals surface area contributed by atoms with Crippen LogP contribution >= 0.6 is 11.3 Å². The minimum Gasteiger partial charge on any atom is -0.378 e. The molecule has 0 spiro atoms. The van der Waals surface area contributed by atoms with Crippen LogP contribution in [0.1, 0.15) is 76.8 Å². The van der Waals surface area contributed by atoms with Gasteiger partial charge in [0.25, 0.3) is 5.91 Å². The van der Waals surface area contributed by atoms with E-state index in [2.05, 4.69) is 60.3 Å². The topological polar surface area (TPSA) is 153 Å². The molecule has 6 bridgehead atoms. The zero-order valence-electron chi connectivity index (χ0n) is 37.9. The van der Waals surface area contributed by atoms with Crippen LogP contribution in [0.5, 0.6) is 0 Å². The van der Waals surface area contributed by atoms with Crippen molar-refractivity contribution in [3.63, 3.8) is 0 Å². The number of thiazole rings is 1. The van der Waals surface area contributed by atoms with Crippen molar-refractivity contribution in [2.75, 3.05) is 54.6 Å². The van der Waals surface area contributed by atoms with E-state index in [9.17, 15) is 14.4 Å². The molecule has 2 N–H and O–H groups in total. The molecular formula is C46H64N8O7S. The smallest absolute Gasteiger partial charge is 0.320 e. The number of aryl methyl sites for hydroxylation is 1. The number of hydrogen-bond acceptors (Lipinski definition) is 11. The van der Waals surface area contributed by atoms with Gasteiger partial charge in [-0.05, 0) is 74.3 Å². The van der Waals surface area contributed by atoms with E-state index in [1.54, 1.807) is 38.3 Å². The Balaban J connectivity index is 1.30. The SMILES string of the molecule is CCn1c(-c2cccnc2[C@H](C)OC)c2c3cc(ccc31)-c1csc(n1)C[C@H](NC(=O)[C@H](C(C)C)N(C)C(=O)N1CC(OC)C1)C(=O)N1CCC[C@H](N1)[C@H](OC)OCC(C)(C)C2. The molecule has 6 heterocycles. The Kier molecular flexibility index (Phi) is 14.0. The van der Waals surface area contributed by atoms with E-state index in [0.29, 0.717) is 44.1 Å². The van der Waals surface area contributed by atoms with Gasteiger partial charge in [0, 0.05) is 81.5 Å². The Labute approximate surface area is 369 Å². The number of ether oxygens (including phenoxy) is 4. The van der Waals surface area contributed by atoms with Gasteiger partial charge < -0.3 is 38.6 Å². The molecule has 0 unspecified atom stereocenters. The molecular weight excluding hydrogens is 809 g/mol. The highest BCUT2D eigenvalue weighted by Gasteiger charge is 2.40. The van der Waals surface area contributed by atoms with Crippen LogP contribution in [0.15, 0.2) is 41.9 Å². The Morgan fingerprint density at radius 1 is 1.13 bits per heavy atom. The average molecular weight is 873 g/mol. The highest BCUT2D eigenvalue weighted by molar-refractivity contribution is 7.10. The molecule has 3 aromatic heterocycles. The molecule has 2 saturated heterocycles. The van der Waals surface area contributed by atoms with Crippen molar-refractivity contribution >= 4 is 40.1 Å². The van der Waals surface area contributed by atoms with Crippen molar-refractivity contribution in [2.24, 2.45) is 11.3 Å². The lowest BCUT2D eigenvalue weighted by atomic mass is 9.84. The summed E-state index contributed by atoms with van der Waals surface area (Å²) < 4.78 is 26.2. The maximum Gasteiger partial charge on any atom is 0.320 e. The van der Waals surface area contributed by atoms with Gasteiger partial charge in [0.05, 0.1) is 60.0 Å². The molecule has 0 aliphatic carbocycles. The Bertz CT molecular complexity index is 2230. The van der Waals surface area contributed by atoms with E-state index in [1.165, 1.54) is 21.8 Å². The van der Waals surface area contributed by atoms with Crippen LogP contribution in [0.25, 0.3) is 33.4 Å². The van der Waals surface area contributed by atoms with Gasteiger partial charge in [-0.15, -0.1) is 11.3 Å². The number of likely N-dealkylation sites (tertiary alicyclic amines) is 1. The number of rotatable bonds is 10. The van der Waals surface area contributed by atoms with E-state index in [1.807, 2.05) is 38.4 Å². The van der Waals surface area contributed by atoms with Gasteiger partial charge in [0.2, 0.25) is 5.91 Å². The third-order valence-corrected chi connectivity index (χ3v) is 13.4. The number of nitrogens with zero attached hydrogens (tertiary/aromatic N) is 6. The number of pyridine rings is 1. The molecule has 7 rings (SSSR count). The van der Waals surface area contributed by atoms with Gasteiger partial charge in [-0.1, -0.05) is 33.8 Å². The maximum atomic E-state index is 14.7. The van der Waals surface area contributed by atoms with Gasteiger partial charge in [-0.25, -0.2) is 15.2 Å². The number of amides is 4. The number of carbonyl (C=O) groups excluding carboxylic acids is 3. The molecule has 3 aliphatic heterocycles. The first-order valence-corrected chi connectivity index (χ1v) is 22.7. The molecule has 16 heteroatoms. The fraction of sp³-hybridized carbons (Fsp3) is 0.587. The summed E-state index contributed by atoms with van der Waals surface area (Å²) in [4.78, 5) is 55.6. The number of hydrazine groups is 1. The molecule has 0 saturated carbocycles. The van der Waals surface area contributed by atoms with Crippen LogP contribution in [0.4, 0.5) is 4.79 Å². The Hall–Kier alpha value is -4.45. The zero-order chi connectivity index (χ0) is 44.5. The Morgan fingerprint density at radius 3 is 2.60 bits per heavy atom. The predicted octanol–water partition coefficient (Wildman–Crippen LogP) is 6.06. The van der Waals surface area contributed by atoms with Gasteiger partial charge in [0.15, 0.2) is 6.29 Å². The van der Waals surface area contributed by atoms with Crippen molar-refractivity contribution < 1.29 is 33.3 Å². The molecule has 3 aliphatic rings. The third kappa shape index (κ3) is 9.27. The second-order valence-corrected chi connectivity index (χ2v) is 18.9. The first kappa shape index (κ1) is 45.6. The van der Waals surface area contributed by atoms with Crippen LogP contribution in [-0.2, 0) is 47.9 Å². The first-order chi connectivity index (χ1) is 29.7. The summed E-state index contributed by atoms with van der Waals surface area (Å²) in [7, 11) is 6.61. The number of urea groups is 1. The summed E-state index contributed by atoms with van der Waals surface area (Å²) in [5.74, 6) is -0.936. The molecule has 2 fully saturated rings. The van der Waals surface area contributed by atoms with Gasteiger partial charge in [-0.3, -0.25) is 19.6 Å². The fourth-order valence-electron chi connectivity index (χ4n) is 9.18. The summed E-state index contributed by atoms with van der Waals surface area (Å²) in [6, 6.07) is 8.24. The Morgan fingerprint density at radius 2 is 1.90 bits per heavy atom. The molecule has 15 nitrogen and oxygen atoms in total. The summed E-state index contributed by atoms with van der Waals surface area (Å²) in [6.07, 6.45) is 3.20. The van der Waals surface area contributed by atoms with Crippen molar-refractivity contribution in [1.29, 1.82) is 0 Å². The second kappa shape index (κ2) is 19.1. The van der Waals surface area contributed by atoms with Crippen molar-refractivity contribution in [3.8, 4) is 22.5 Å². The number of fused-ring (bicyclic) bond motifs is 6. The lowest BCUT2D eigenvalue weighted by Gasteiger charge is -2.42. The lowest BCUT2D eigenvalue weighted by molar-refractivity contribution is -0.177. The first-order valence-electron chi connectivity index (χ1n) is 21.8.